The highest BCUT2D eigenvalue weighted by molar-refractivity contribution is 6.30. The van der Waals surface area contributed by atoms with Gasteiger partial charge in [-0.2, -0.15) is 0 Å². The minimum Gasteiger partial charge on any atom is -0.461 e. The van der Waals surface area contributed by atoms with Crippen LogP contribution in [0.4, 0.5) is 4.79 Å². The Balaban J connectivity index is 3.20. The second kappa shape index (κ2) is 8.66. The van der Waals surface area contributed by atoms with Crippen molar-refractivity contribution in [3.8, 4) is 0 Å². The maximum absolute atomic E-state index is 12.1. The summed E-state index contributed by atoms with van der Waals surface area (Å²) in [7, 11) is 0. The Hall–Kier alpha value is -2.35. The van der Waals surface area contributed by atoms with E-state index in [1.165, 1.54) is 31.2 Å². The van der Waals surface area contributed by atoms with Crippen LogP contribution in [-0.2, 0) is 14.3 Å². The van der Waals surface area contributed by atoms with Crippen LogP contribution in [0.1, 0.15) is 39.3 Å². The molecule has 0 fully saturated rings. The topological polar surface area (TPSA) is 108 Å². The summed E-state index contributed by atoms with van der Waals surface area (Å²) in [4.78, 5) is 34.8. The highest BCUT2D eigenvalue weighted by Gasteiger charge is 2.42. The van der Waals surface area contributed by atoms with Gasteiger partial charge < -0.3 is 14.8 Å². The third-order valence-corrected chi connectivity index (χ3v) is 3.22. The van der Waals surface area contributed by atoms with Crippen LogP contribution in [0.3, 0.4) is 0 Å². The third-order valence-electron chi connectivity index (χ3n) is 2.97. The lowest BCUT2D eigenvalue weighted by Gasteiger charge is -2.24. The van der Waals surface area contributed by atoms with Gasteiger partial charge in [0.15, 0.2) is 0 Å². The molecule has 25 heavy (non-hydrogen) atoms. The number of carbonyl (C=O) groups excluding carboxylic acids is 2. The molecule has 1 rings (SSSR count). The van der Waals surface area contributed by atoms with Crippen LogP contribution in [0.5, 0.6) is 0 Å². The average molecular weight is 373 g/mol. The number of hydrogen-bond acceptors (Lipinski definition) is 6. The summed E-state index contributed by atoms with van der Waals surface area (Å²) in [6, 6.07) is 2.88. The first-order valence-corrected chi connectivity index (χ1v) is 7.98. The minimum atomic E-state index is -1.83. The van der Waals surface area contributed by atoms with Crippen molar-refractivity contribution in [2.24, 2.45) is 0 Å². The molecule has 0 aliphatic rings. The van der Waals surface area contributed by atoms with Crippen LogP contribution in [0, 0.1) is 10.1 Å². The van der Waals surface area contributed by atoms with E-state index in [0.717, 1.165) is 0 Å². The maximum Gasteiger partial charge on any atom is 0.408 e. The van der Waals surface area contributed by atoms with E-state index in [4.69, 9.17) is 21.1 Å². The van der Waals surface area contributed by atoms with E-state index in [-0.39, 0.29) is 6.61 Å². The third kappa shape index (κ3) is 6.58. The Morgan fingerprint density at radius 2 is 1.84 bits per heavy atom. The van der Waals surface area contributed by atoms with Gasteiger partial charge in [0.05, 0.1) is 6.61 Å². The van der Waals surface area contributed by atoms with Crippen LogP contribution in [0.2, 0.25) is 5.02 Å². The molecule has 0 saturated carbocycles. The predicted octanol–water partition coefficient (Wildman–Crippen LogP) is 3.11. The number of nitrogens with one attached hydrogen (secondary N) is 1. The van der Waals surface area contributed by atoms with Gasteiger partial charge in [0.2, 0.25) is 0 Å². The van der Waals surface area contributed by atoms with E-state index < -0.39 is 34.7 Å². The van der Waals surface area contributed by atoms with Crippen LogP contribution < -0.4 is 5.32 Å². The molecule has 0 bridgehead atoms. The number of amides is 1. The van der Waals surface area contributed by atoms with Crippen molar-refractivity contribution in [3.05, 3.63) is 45.0 Å². The Bertz CT molecular complexity index is 627. The molecule has 1 aromatic carbocycles. The van der Waals surface area contributed by atoms with Gasteiger partial charge in [-0.25, -0.2) is 9.59 Å². The molecule has 0 aliphatic heterocycles. The Labute approximate surface area is 150 Å². The van der Waals surface area contributed by atoms with Gasteiger partial charge >= 0.3 is 18.1 Å². The predicted molar refractivity (Wildman–Crippen MR) is 91.0 cm³/mol. The molecular formula is C16H21ClN2O6. The zero-order chi connectivity index (χ0) is 19.2. The zero-order valence-corrected chi connectivity index (χ0v) is 15.2. The smallest absolute Gasteiger partial charge is 0.408 e. The molecule has 0 heterocycles. The molecule has 9 heteroatoms. The number of rotatable bonds is 6. The fraction of sp³-hybridized carbons (Fsp3) is 0.500. The number of alkyl carbamates (subject to hydrolysis) is 1. The molecular weight excluding hydrogens is 352 g/mol. The molecule has 0 aliphatic carbocycles. The van der Waals surface area contributed by atoms with Crippen LogP contribution in [0.15, 0.2) is 24.3 Å². The fourth-order valence-electron chi connectivity index (χ4n) is 2.02. The molecule has 0 aromatic heterocycles. The Morgan fingerprint density at radius 3 is 2.28 bits per heavy atom. The summed E-state index contributed by atoms with van der Waals surface area (Å²) in [5, 5.41) is 14.2. The van der Waals surface area contributed by atoms with Crippen molar-refractivity contribution in [2.45, 2.75) is 45.4 Å². The van der Waals surface area contributed by atoms with Gasteiger partial charge in [0, 0.05) is 9.95 Å². The number of benzene rings is 1. The number of carbonyl (C=O) groups is 2. The van der Waals surface area contributed by atoms with Gasteiger partial charge in [-0.05, 0) is 45.4 Å². The van der Waals surface area contributed by atoms with Crippen molar-refractivity contribution in [3.63, 3.8) is 0 Å². The van der Waals surface area contributed by atoms with Crippen LogP contribution in [0.25, 0.3) is 0 Å². The summed E-state index contributed by atoms with van der Waals surface area (Å²) >= 11 is 5.83. The SMILES string of the molecule is CCOC(=O)C([C@H](NC(=O)OC(C)(C)C)c1ccc(Cl)cc1)[N+](=O)[O-]. The molecule has 1 N–H and O–H groups in total. The maximum atomic E-state index is 12.1. The van der Waals surface area contributed by atoms with Crippen molar-refractivity contribution < 1.29 is 24.0 Å². The first-order chi connectivity index (χ1) is 11.5. The van der Waals surface area contributed by atoms with Gasteiger partial charge in [0.25, 0.3) is 0 Å². The lowest BCUT2D eigenvalue weighted by Crippen LogP contribution is -2.46. The van der Waals surface area contributed by atoms with E-state index in [1.54, 1.807) is 20.8 Å². The van der Waals surface area contributed by atoms with Gasteiger partial charge in [-0.1, -0.05) is 23.7 Å². The number of halogens is 1. The first kappa shape index (κ1) is 20.7. The fourth-order valence-corrected chi connectivity index (χ4v) is 2.15. The summed E-state index contributed by atoms with van der Waals surface area (Å²) in [6.07, 6.45) is -0.886. The second-order valence-corrected chi connectivity index (χ2v) is 6.59. The monoisotopic (exact) mass is 372 g/mol. The van der Waals surface area contributed by atoms with Gasteiger partial charge in [-0.3, -0.25) is 10.1 Å². The molecule has 1 aromatic rings. The van der Waals surface area contributed by atoms with Gasteiger partial charge in [-0.15, -0.1) is 0 Å². The first-order valence-electron chi connectivity index (χ1n) is 7.60. The molecule has 2 atom stereocenters. The normalized spacial score (nSPS) is 13.5. The molecule has 138 valence electrons. The van der Waals surface area contributed by atoms with Crippen molar-refractivity contribution >= 4 is 23.7 Å². The number of nitrogens with zero attached hydrogens (tertiary/aromatic N) is 1. The van der Waals surface area contributed by atoms with Crippen LogP contribution in [-0.4, -0.2) is 35.2 Å². The summed E-state index contributed by atoms with van der Waals surface area (Å²) in [5.74, 6) is -1.05. The average Bonchev–Trinajstić information content (AvgIpc) is 2.45. The number of hydrogen-bond donors (Lipinski definition) is 1. The van der Waals surface area contributed by atoms with Crippen LogP contribution >= 0.6 is 11.6 Å². The van der Waals surface area contributed by atoms with Crippen molar-refractivity contribution in [2.75, 3.05) is 6.61 Å². The molecule has 1 unspecified atom stereocenters. The second-order valence-electron chi connectivity index (χ2n) is 6.16. The summed E-state index contributed by atoms with van der Waals surface area (Å²) in [5.41, 5.74) is -0.479. The van der Waals surface area contributed by atoms with E-state index in [1.807, 2.05) is 0 Å². The quantitative estimate of drug-likeness (QED) is 0.467. The van der Waals surface area contributed by atoms with Gasteiger partial charge in [0.1, 0.15) is 11.6 Å². The largest absolute Gasteiger partial charge is 0.461 e. The van der Waals surface area contributed by atoms with E-state index >= 15 is 0 Å². The van der Waals surface area contributed by atoms with Crippen molar-refractivity contribution in [1.29, 1.82) is 0 Å². The number of ether oxygens (including phenoxy) is 2. The van der Waals surface area contributed by atoms with Crippen molar-refractivity contribution in [1.82, 2.24) is 5.32 Å². The Morgan fingerprint density at radius 1 is 1.28 bits per heavy atom. The Kier molecular flexibility index (Phi) is 7.17. The minimum absolute atomic E-state index is 0.0249. The summed E-state index contributed by atoms with van der Waals surface area (Å²) < 4.78 is 9.91. The molecule has 8 nitrogen and oxygen atoms in total. The number of nitro groups is 1. The summed E-state index contributed by atoms with van der Waals surface area (Å²) in [6.45, 7) is 6.47. The highest BCUT2D eigenvalue weighted by atomic mass is 35.5. The van der Waals surface area contributed by atoms with E-state index in [2.05, 4.69) is 5.32 Å². The highest BCUT2D eigenvalue weighted by Crippen LogP contribution is 2.23. The zero-order valence-electron chi connectivity index (χ0n) is 14.4. The standard InChI is InChI=1S/C16H21ClN2O6/c1-5-24-14(20)13(19(22)23)12(10-6-8-11(17)9-7-10)18-15(21)25-16(2,3)4/h6-9,12-13H,5H2,1-4H3,(H,18,21)/t12-,13?/m1/s1. The lowest BCUT2D eigenvalue weighted by atomic mass is 10.00. The number of esters is 1. The molecule has 1 amide bonds. The van der Waals surface area contributed by atoms with E-state index in [9.17, 15) is 19.7 Å². The molecule has 0 spiro atoms. The molecule has 0 radical (unpaired) electrons. The molecule has 0 saturated heterocycles. The lowest BCUT2D eigenvalue weighted by molar-refractivity contribution is -0.515. The van der Waals surface area contributed by atoms with E-state index in [0.29, 0.717) is 10.6 Å².